The minimum Gasteiger partial charge on any atom is -0.380 e. The first-order valence-corrected chi connectivity index (χ1v) is 7.33. The van der Waals surface area contributed by atoms with Crippen molar-refractivity contribution >= 4 is 0 Å². The van der Waals surface area contributed by atoms with Crippen LogP contribution < -0.4 is 5.32 Å². The molecule has 0 aliphatic heterocycles. The van der Waals surface area contributed by atoms with E-state index >= 15 is 0 Å². The maximum atomic E-state index is 5.44. The van der Waals surface area contributed by atoms with Crippen molar-refractivity contribution in [3.63, 3.8) is 0 Å². The van der Waals surface area contributed by atoms with E-state index in [9.17, 15) is 0 Å². The van der Waals surface area contributed by atoms with Gasteiger partial charge in [0.2, 0.25) is 0 Å². The highest BCUT2D eigenvalue weighted by molar-refractivity contribution is 4.99. The van der Waals surface area contributed by atoms with Gasteiger partial charge in [-0.2, -0.15) is 5.10 Å². The first-order valence-electron chi connectivity index (χ1n) is 7.33. The molecular weight excluding hydrogens is 238 g/mol. The van der Waals surface area contributed by atoms with Crippen LogP contribution in [0.4, 0.5) is 0 Å². The lowest BCUT2D eigenvalue weighted by Gasteiger charge is -2.09. The molecule has 4 nitrogen and oxygen atoms in total. The van der Waals surface area contributed by atoms with E-state index in [1.165, 1.54) is 25.7 Å². The molecule has 1 aromatic heterocycles. The SMILES string of the molecule is C=CCCOCCNCc1ccn(C2CCCC2)n1. The number of nitrogens with one attached hydrogen (secondary N) is 1. The van der Waals surface area contributed by atoms with Crippen LogP contribution >= 0.6 is 0 Å². The summed E-state index contributed by atoms with van der Waals surface area (Å²) in [6, 6.07) is 2.75. The van der Waals surface area contributed by atoms with Gasteiger partial charge in [0.05, 0.1) is 24.9 Å². The van der Waals surface area contributed by atoms with Crippen LogP contribution in [-0.2, 0) is 11.3 Å². The van der Waals surface area contributed by atoms with E-state index in [0.717, 1.165) is 38.4 Å². The van der Waals surface area contributed by atoms with Crippen molar-refractivity contribution in [1.29, 1.82) is 0 Å². The number of aromatic nitrogens is 2. The van der Waals surface area contributed by atoms with Crippen LogP contribution in [0.15, 0.2) is 24.9 Å². The Bertz CT molecular complexity index is 369. The first kappa shape index (κ1) is 14.3. The maximum Gasteiger partial charge on any atom is 0.0762 e. The van der Waals surface area contributed by atoms with Crippen LogP contribution in [0.3, 0.4) is 0 Å². The summed E-state index contributed by atoms with van der Waals surface area (Å²) in [4.78, 5) is 0. The number of ether oxygens (including phenoxy) is 1. The summed E-state index contributed by atoms with van der Waals surface area (Å²) in [5.41, 5.74) is 1.12. The molecule has 0 aromatic carbocycles. The van der Waals surface area contributed by atoms with Crippen LogP contribution in [0.1, 0.15) is 43.8 Å². The molecular formula is C15H25N3O. The van der Waals surface area contributed by atoms with Gasteiger partial charge < -0.3 is 10.1 Å². The summed E-state index contributed by atoms with van der Waals surface area (Å²) in [5, 5.41) is 8.00. The van der Waals surface area contributed by atoms with Gasteiger partial charge >= 0.3 is 0 Å². The Morgan fingerprint density at radius 1 is 1.42 bits per heavy atom. The average Bonchev–Trinajstić information content (AvgIpc) is 3.08. The Morgan fingerprint density at radius 3 is 3.05 bits per heavy atom. The predicted molar refractivity (Wildman–Crippen MR) is 77.1 cm³/mol. The highest BCUT2D eigenvalue weighted by Gasteiger charge is 2.17. The smallest absolute Gasteiger partial charge is 0.0762 e. The highest BCUT2D eigenvalue weighted by atomic mass is 16.5. The number of hydrogen-bond acceptors (Lipinski definition) is 3. The van der Waals surface area contributed by atoms with Crippen molar-refractivity contribution in [2.24, 2.45) is 0 Å². The third-order valence-corrected chi connectivity index (χ3v) is 3.56. The number of nitrogens with zero attached hydrogens (tertiary/aromatic N) is 2. The Hall–Kier alpha value is -1.13. The molecule has 106 valence electrons. The van der Waals surface area contributed by atoms with E-state index in [0.29, 0.717) is 6.04 Å². The molecule has 0 amide bonds. The van der Waals surface area contributed by atoms with Gasteiger partial charge in [-0.1, -0.05) is 18.9 Å². The van der Waals surface area contributed by atoms with Crippen LogP contribution in [-0.4, -0.2) is 29.5 Å². The lowest BCUT2D eigenvalue weighted by Crippen LogP contribution is -2.20. The standard InChI is InChI=1S/C15H25N3O/c1-2-3-11-19-12-9-16-13-14-8-10-18(17-14)15-6-4-5-7-15/h2,8,10,15-16H,1,3-7,9,11-13H2. The summed E-state index contributed by atoms with van der Waals surface area (Å²) in [7, 11) is 0. The van der Waals surface area contributed by atoms with Crippen molar-refractivity contribution in [3.05, 3.63) is 30.6 Å². The van der Waals surface area contributed by atoms with Crippen molar-refractivity contribution in [3.8, 4) is 0 Å². The molecule has 4 heteroatoms. The molecule has 0 radical (unpaired) electrons. The lowest BCUT2D eigenvalue weighted by atomic mass is 10.3. The van der Waals surface area contributed by atoms with Gasteiger partial charge in [-0.3, -0.25) is 4.68 Å². The molecule has 1 fully saturated rings. The molecule has 0 atom stereocenters. The molecule has 19 heavy (non-hydrogen) atoms. The van der Waals surface area contributed by atoms with Crippen molar-refractivity contribution in [2.75, 3.05) is 19.8 Å². The maximum absolute atomic E-state index is 5.44. The molecule has 0 unspecified atom stereocenters. The third kappa shape index (κ3) is 4.80. The van der Waals surface area contributed by atoms with E-state index in [4.69, 9.17) is 4.74 Å². The van der Waals surface area contributed by atoms with Gasteiger partial charge in [-0.25, -0.2) is 0 Å². The van der Waals surface area contributed by atoms with Crippen LogP contribution in [0.25, 0.3) is 0 Å². The summed E-state index contributed by atoms with van der Waals surface area (Å²) in [6.07, 6.45) is 10.2. The van der Waals surface area contributed by atoms with Crippen LogP contribution in [0, 0.1) is 0 Å². The molecule has 0 bridgehead atoms. The first-order chi connectivity index (χ1) is 9.40. The van der Waals surface area contributed by atoms with Crippen molar-refractivity contribution < 1.29 is 4.74 Å². The van der Waals surface area contributed by atoms with E-state index in [2.05, 4.69) is 33.9 Å². The average molecular weight is 263 g/mol. The summed E-state index contributed by atoms with van der Waals surface area (Å²) in [6.45, 7) is 6.87. The van der Waals surface area contributed by atoms with Crippen LogP contribution in [0.2, 0.25) is 0 Å². The highest BCUT2D eigenvalue weighted by Crippen LogP contribution is 2.28. The van der Waals surface area contributed by atoms with E-state index in [1.807, 2.05) is 6.08 Å². The molecule has 1 N–H and O–H groups in total. The monoisotopic (exact) mass is 263 g/mol. The van der Waals surface area contributed by atoms with Crippen LogP contribution in [0.5, 0.6) is 0 Å². The normalized spacial score (nSPS) is 16.0. The molecule has 2 rings (SSSR count). The van der Waals surface area contributed by atoms with Crippen molar-refractivity contribution in [2.45, 2.75) is 44.7 Å². The Kier molecular flexibility index (Phi) is 6.11. The van der Waals surface area contributed by atoms with E-state index < -0.39 is 0 Å². The molecule has 0 saturated heterocycles. The zero-order valence-corrected chi connectivity index (χ0v) is 11.7. The second-order valence-corrected chi connectivity index (χ2v) is 5.09. The summed E-state index contributed by atoms with van der Waals surface area (Å²) in [5.74, 6) is 0. The molecule has 1 aromatic rings. The molecule has 1 heterocycles. The topological polar surface area (TPSA) is 39.1 Å². The minimum absolute atomic E-state index is 0.635. The van der Waals surface area contributed by atoms with E-state index in [1.54, 1.807) is 0 Å². The lowest BCUT2D eigenvalue weighted by molar-refractivity contribution is 0.140. The summed E-state index contributed by atoms with van der Waals surface area (Å²) < 4.78 is 7.58. The zero-order chi connectivity index (χ0) is 13.3. The van der Waals surface area contributed by atoms with Gasteiger partial charge in [-0.15, -0.1) is 6.58 Å². The molecule has 1 aliphatic carbocycles. The third-order valence-electron chi connectivity index (χ3n) is 3.56. The van der Waals surface area contributed by atoms with Gasteiger partial charge in [0.1, 0.15) is 0 Å². The minimum atomic E-state index is 0.635. The quantitative estimate of drug-likeness (QED) is 0.550. The molecule has 1 aliphatic rings. The molecule has 0 spiro atoms. The number of hydrogen-bond donors (Lipinski definition) is 1. The predicted octanol–water partition coefficient (Wildman–Crippen LogP) is 2.68. The Balaban J connectivity index is 1.59. The van der Waals surface area contributed by atoms with E-state index in [-0.39, 0.29) is 0 Å². The second kappa shape index (κ2) is 8.12. The Morgan fingerprint density at radius 2 is 2.26 bits per heavy atom. The van der Waals surface area contributed by atoms with Crippen molar-refractivity contribution in [1.82, 2.24) is 15.1 Å². The zero-order valence-electron chi connectivity index (χ0n) is 11.7. The fraction of sp³-hybridized carbons (Fsp3) is 0.667. The van der Waals surface area contributed by atoms with Gasteiger partial charge in [0.15, 0.2) is 0 Å². The fourth-order valence-corrected chi connectivity index (χ4v) is 2.47. The second-order valence-electron chi connectivity index (χ2n) is 5.09. The largest absolute Gasteiger partial charge is 0.380 e. The molecule has 1 saturated carbocycles. The number of rotatable bonds is 9. The van der Waals surface area contributed by atoms with Gasteiger partial charge in [0.25, 0.3) is 0 Å². The summed E-state index contributed by atoms with van der Waals surface area (Å²) >= 11 is 0. The Labute approximate surface area is 115 Å². The van der Waals surface area contributed by atoms with Gasteiger partial charge in [-0.05, 0) is 25.3 Å². The fourth-order valence-electron chi connectivity index (χ4n) is 2.47. The van der Waals surface area contributed by atoms with Gasteiger partial charge in [0, 0.05) is 19.3 Å².